The molecule has 2 nitrogen and oxygen atoms in total. The van der Waals surface area contributed by atoms with Gasteiger partial charge in [0.2, 0.25) is 0 Å². The van der Waals surface area contributed by atoms with E-state index in [1.165, 1.54) is 32.1 Å². The zero-order chi connectivity index (χ0) is 12.0. The van der Waals surface area contributed by atoms with Crippen LogP contribution in [0.5, 0.6) is 0 Å². The second-order valence-corrected chi connectivity index (χ2v) is 5.60. The number of unbranched alkanes of at least 4 members (excludes halogenated alkanes) is 2. The lowest BCUT2D eigenvalue weighted by Crippen LogP contribution is -2.43. The van der Waals surface area contributed by atoms with Gasteiger partial charge in [0.25, 0.3) is 0 Å². The van der Waals surface area contributed by atoms with Crippen molar-refractivity contribution in [2.45, 2.75) is 71.4 Å². The Kier molecular flexibility index (Phi) is 6.37. The van der Waals surface area contributed by atoms with E-state index in [-0.39, 0.29) is 6.04 Å². The van der Waals surface area contributed by atoms with Crippen LogP contribution in [0.25, 0.3) is 0 Å². The fourth-order valence-electron chi connectivity index (χ4n) is 2.57. The molecule has 1 aliphatic rings. The number of hydrogen-bond donors (Lipinski definition) is 1. The average Bonchev–Trinajstić information content (AvgIpc) is 2.26. The molecule has 1 rings (SSSR count). The molecule has 3 unspecified atom stereocenters. The van der Waals surface area contributed by atoms with Gasteiger partial charge in [0.05, 0.1) is 6.10 Å². The molecule has 96 valence electrons. The van der Waals surface area contributed by atoms with Crippen molar-refractivity contribution in [3.8, 4) is 0 Å². The van der Waals surface area contributed by atoms with Crippen LogP contribution in [0.4, 0.5) is 0 Å². The van der Waals surface area contributed by atoms with Gasteiger partial charge in [-0.2, -0.15) is 0 Å². The van der Waals surface area contributed by atoms with Gasteiger partial charge in [-0.05, 0) is 37.5 Å². The van der Waals surface area contributed by atoms with Crippen LogP contribution in [0, 0.1) is 11.8 Å². The van der Waals surface area contributed by atoms with E-state index in [0.29, 0.717) is 6.10 Å². The first-order chi connectivity index (χ1) is 7.65. The van der Waals surface area contributed by atoms with Crippen LogP contribution in [-0.2, 0) is 4.74 Å². The third-order valence-corrected chi connectivity index (χ3v) is 3.91. The first-order valence-electron chi connectivity index (χ1n) is 7.02. The Labute approximate surface area is 101 Å². The van der Waals surface area contributed by atoms with Gasteiger partial charge < -0.3 is 10.5 Å². The van der Waals surface area contributed by atoms with Crippen molar-refractivity contribution >= 4 is 0 Å². The van der Waals surface area contributed by atoms with E-state index < -0.39 is 0 Å². The highest BCUT2D eigenvalue weighted by Crippen LogP contribution is 2.31. The summed E-state index contributed by atoms with van der Waals surface area (Å²) in [6, 6.07) is 0.275. The zero-order valence-electron chi connectivity index (χ0n) is 11.2. The number of hydrogen-bond acceptors (Lipinski definition) is 2. The molecule has 2 N–H and O–H groups in total. The minimum absolute atomic E-state index is 0.275. The smallest absolute Gasteiger partial charge is 0.0728 e. The maximum Gasteiger partial charge on any atom is 0.0728 e. The molecule has 0 radical (unpaired) electrons. The van der Waals surface area contributed by atoms with Crippen molar-refractivity contribution in [2.75, 3.05) is 6.61 Å². The van der Waals surface area contributed by atoms with Crippen molar-refractivity contribution in [3.63, 3.8) is 0 Å². The molecule has 1 aliphatic carbocycles. The van der Waals surface area contributed by atoms with E-state index in [1.54, 1.807) is 0 Å². The largest absolute Gasteiger partial charge is 0.377 e. The fourth-order valence-corrected chi connectivity index (χ4v) is 2.57. The highest BCUT2D eigenvalue weighted by molar-refractivity contribution is 4.84. The lowest BCUT2D eigenvalue weighted by molar-refractivity contribution is -0.00856. The molecule has 3 atom stereocenters. The summed E-state index contributed by atoms with van der Waals surface area (Å²) in [6.45, 7) is 7.75. The lowest BCUT2D eigenvalue weighted by Gasteiger charge is -2.35. The molecule has 0 aliphatic heterocycles. The fraction of sp³-hybridized carbons (Fsp3) is 1.00. The van der Waals surface area contributed by atoms with Gasteiger partial charge in [0.15, 0.2) is 0 Å². The summed E-state index contributed by atoms with van der Waals surface area (Å²) >= 11 is 0. The summed E-state index contributed by atoms with van der Waals surface area (Å²) < 4.78 is 5.95. The van der Waals surface area contributed by atoms with Crippen LogP contribution in [-0.4, -0.2) is 18.8 Å². The van der Waals surface area contributed by atoms with Gasteiger partial charge in [0, 0.05) is 12.6 Å². The van der Waals surface area contributed by atoms with Gasteiger partial charge >= 0.3 is 0 Å². The van der Waals surface area contributed by atoms with Gasteiger partial charge in [-0.25, -0.2) is 0 Å². The molecule has 0 spiro atoms. The molecule has 0 aromatic carbocycles. The van der Waals surface area contributed by atoms with Gasteiger partial charge in [0.1, 0.15) is 0 Å². The maximum atomic E-state index is 6.13. The first-order valence-corrected chi connectivity index (χ1v) is 7.02. The normalized spacial score (nSPS) is 30.9. The number of nitrogens with two attached hydrogens (primary N) is 1. The Balaban J connectivity index is 2.26. The van der Waals surface area contributed by atoms with E-state index in [4.69, 9.17) is 10.5 Å². The van der Waals surface area contributed by atoms with Crippen LogP contribution >= 0.6 is 0 Å². The highest BCUT2D eigenvalue weighted by atomic mass is 16.5. The summed E-state index contributed by atoms with van der Waals surface area (Å²) in [5.74, 6) is 1.59. The lowest BCUT2D eigenvalue weighted by atomic mass is 9.78. The summed E-state index contributed by atoms with van der Waals surface area (Å²) in [6.07, 6.45) is 7.63. The first kappa shape index (κ1) is 14.0. The Hall–Kier alpha value is -0.0800. The zero-order valence-corrected chi connectivity index (χ0v) is 11.2. The number of rotatable bonds is 6. The standard InChI is InChI=1S/C14H29NO/c1-4-5-6-9-16-14-10-12(11(2)3)7-8-13(14)15/h11-14H,4-10,15H2,1-3H3. The van der Waals surface area contributed by atoms with E-state index in [2.05, 4.69) is 20.8 Å². The molecule has 0 aromatic rings. The molecular weight excluding hydrogens is 198 g/mol. The molecule has 1 saturated carbocycles. The maximum absolute atomic E-state index is 6.13. The third kappa shape index (κ3) is 4.42. The van der Waals surface area contributed by atoms with Crippen molar-refractivity contribution < 1.29 is 4.74 Å². The van der Waals surface area contributed by atoms with Crippen LogP contribution in [0.15, 0.2) is 0 Å². The Morgan fingerprint density at radius 1 is 1.25 bits per heavy atom. The predicted octanol–water partition coefficient (Wildman–Crippen LogP) is 3.35. The molecule has 0 aromatic heterocycles. The summed E-state index contributed by atoms with van der Waals surface area (Å²) in [5, 5.41) is 0. The molecule has 2 heteroatoms. The van der Waals surface area contributed by atoms with Crippen molar-refractivity contribution in [1.82, 2.24) is 0 Å². The summed E-state index contributed by atoms with van der Waals surface area (Å²) in [4.78, 5) is 0. The monoisotopic (exact) mass is 227 g/mol. The van der Waals surface area contributed by atoms with Crippen LogP contribution in [0.3, 0.4) is 0 Å². The highest BCUT2D eigenvalue weighted by Gasteiger charge is 2.29. The van der Waals surface area contributed by atoms with E-state index >= 15 is 0 Å². The second kappa shape index (κ2) is 7.29. The van der Waals surface area contributed by atoms with Crippen molar-refractivity contribution in [2.24, 2.45) is 17.6 Å². The summed E-state index contributed by atoms with van der Waals surface area (Å²) in [7, 11) is 0. The van der Waals surface area contributed by atoms with Crippen molar-refractivity contribution in [3.05, 3.63) is 0 Å². The third-order valence-electron chi connectivity index (χ3n) is 3.91. The minimum atomic E-state index is 0.275. The molecule has 0 bridgehead atoms. The second-order valence-electron chi connectivity index (χ2n) is 5.60. The Bertz CT molecular complexity index is 182. The van der Waals surface area contributed by atoms with E-state index in [0.717, 1.165) is 24.9 Å². The predicted molar refractivity (Wildman–Crippen MR) is 69.4 cm³/mol. The molecule has 0 saturated heterocycles. The van der Waals surface area contributed by atoms with Gasteiger partial charge in [-0.15, -0.1) is 0 Å². The number of ether oxygens (including phenoxy) is 1. The van der Waals surface area contributed by atoms with Crippen LogP contribution in [0.1, 0.15) is 59.3 Å². The SMILES string of the molecule is CCCCCOC1CC(C(C)C)CCC1N. The van der Waals surface area contributed by atoms with Gasteiger partial charge in [-0.1, -0.05) is 33.6 Å². The molecule has 0 heterocycles. The topological polar surface area (TPSA) is 35.2 Å². The van der Waals surface area contributed by atoms with E-state index in [9.17, 15) is 0 Å². The minimum Gasteiger partial charge on any atom is -0.377 e. The molecule has 16 heavy (non-hydrogen) atoms. The van der Waals surface area contributed by atoms with Crippen LogP contribution < -0.4 is 5.73 Å². The summed E-state index contributed by atoms with van der Waals surface area (Å²) in [5.41, 5.74) is 6.13. The Morgan fingerprint density at radius 2 is 2.00 bits per heavy atom. The average molecular weight is 227 g/mol. The quantitative estimate of drug-likeness (QED) is 0.706. The van der Waals surface area contributed by atoms with Gasteiger partial charge in [-0.3, -0.25) is 0 Å². The molecule has 0 amide bonds. The Morgan fingerprint density at radius 3 is 2.62 bits per heavy atom. The van der Waals surface area contributed by atoms with Crippen LogP contribution in [0.2, 0.25) is 0 Å². The molecular formula is C14H29NO. The van der Waals surface area contributed by atoms with E-state index in [1.807, 2.05) is 0 Å². The van der Waals surface area contributed by atoms with Crippen molar-refractivity contribution in [1.29, 1.82) is 0 Å². The molecule has 1 fully saturated rings.